The van der Waals surface area contributed by atoms with Gasteiger partial charge in [0.25, 0.3) is 5.91 Å². The molecule has 1 atom stereocenters. The molecule has 4 nitrogen and oxygen atoms in total. The van der Waals surface area contributed by atoms with E-state index < -0.39 is 0 Å². The van der Waals surface area contributed by atoms with Crippen molar-refractivity contribution in [3.63, 3.8) is 0 Å². The topological polar surface area (TPSA) is 41.6 Å². The number of hydrogen-bond donors (Lipinski definition) is 1. The molecule has 4 heteroatoms. The van der Waals surface area contributed by atoms with E-state index in [1.807, 2.05) is 23.1 Å². The predicted octanol–water partition coefficient (Wildman–Crippen LogP) is 1.98. The van der Waals surface area contributed by atoms with Crippen LogP contribution in [0.25, 0.3) is 0 Å². The van der Waals surface area contributed by atoms with Crippen molar-refractivity contribution in [1.29, 1.82) is 0 Å². The number of para-hydroxylation sites is 1. The van der Waals surface area contributed by atoms with Crippen LogP contribution in [0.1, 0.15) is 31.2 Å². The number of fused-ring (bicyclic) bond motifs is 1. The number of nitrogens with zero attached hydrogens (tertiary/aromatic N) is 1. The van der Waals surface area contributed by atoms with Gasteiger partial charge in [-0.05, 0) is 49.8 Å². The average molecular weight is 300 g/mol. The van der Waals surface area contributed by atoms with E-state index in [0.717, 1.165) is 49.6 Å². The Morgan fingerprint density at radius 3 is 2.68 bits per heavy atom. The third kappa shape index (κ3) is 2.98. The van der Waals surface area contributed by atoms with Crippen molar-refractivity contribution in [3.8, 4) is 5.75 Å². The molecule has 4 rings (SSSR count). The number of rotatable bonds is 4. The maximum Gasteiger partial charge on any atom is 0.263 e. The Kier molecular flexibility index (Phi) is 3.78. The number of amides is 1. The highest BCUT2D eigenvalue weighted by atomic mass is 16.5. The third-order valence-electron chi connectivity index (χ3n) is 5.12. The Morgan fingerprint density at radius 1 is 1.18 bits per heavy atom. The lowest BCUT2D eigenvalue weighted by Crippen LogP contribution is -2.49. The minimum Gasteiger partial charge on any atom is -0.480 e. The van der Waals surface area contributed by atoms with Crippen LogP contribution in [0.3, 0.4) is 0 Å². The second-order valence-electron chi connectivity index (χ2n) is 6.87. The van der Waals surface area contributed by atoms with Gasteiger partial charge in [0.1, 0.15) is 5.75 Å². The minimum atomic E-state index is -0.312. The number of benzene rings is 1. The summed E-state index contributed by atoms with van der Waals surface area (Å²) >= 11 is 0. The highest BCUT2D eigenvalue weighted by Crippen LogP contribution is 2.30. The van der Waals surface area contributed by atoms with Gasteiger partial charge < -0.3 is 15.0 Å². The van der Waals surface area contributed by atoms with Gasteiger partial charge in [-0.3, -0.25) is 4.79 Å². The normalized spacial score (nSPS) is 24.9. The number of ether oxygens (including phenoxy) is 1. The van der Waals surface area contributed by atoms with E-state index in [1.54, 1.807) is 0 Å². The molecule has 118 valence electrons. The molecule has 2 fully saturated rings. The second-order valence-corrected chi connectivity index (χ2v) is 6.87. The Labute approximate surface area is 131 Å². The number of hydrogen-bond acceptors (Lipinski definition) is 3. The van der Waals surface area contributed by atoms with Crippen molar-refractivity contribution < 1.29 is 9.53 Å². The Balaban J connectivity index is 1.27. The quantitative estimate of drug-likeness (QED) is 0.924. The van der Waals surface area contributed by atoms with E-state index in [4.69, 9.17) is 4.74 Å². The standard InChI is InChI=1S/C18H24N2O2/c21-18(17-11-14-3-1-2-4-16(14)22-17)20-9-7-15(8-10-20)19-12-13-5-6-13/h1-4,13,15,17,19H,5-12H2. The first-order chi connectivity index (χ1) is 10.8. The lowest BCUT2D eigenvalue weighted by Gasteiger charge is -2.33. The molecule has 22 heavy (non-hydrogen) atoms. The Morgan fingerprint density at radius 2 is 1.95 bits per heavy atom. The van der Waals surface area contributed by atoms with Crippen molar-refractivity contribution in [1.82, 2.24) is 10.2 Å². The molecule has 2 aliphatic heterocycles. The summed E-state index contributed by atoms with van der Waals surface area (Å²) in [6, 6.07) is 8.56. The van der Waals surface area contributed by atoms with Gasteiger partial charge in [-0.2, -0.15) is 0 Å². The summed E-state index contributed by atoms with van der Waals surface area (Å²) in [6.07, 6.45) is 5.33. The molecule has 1 saturated heterocycles. The molecule has 1 amide bonds. The van der Waals surface area contributed by atoms with Gasteiger partial charge in [-0.1, -0.05) is 18.2 Å². The summed E-state index contributed by atoms with van der Waals surface area (Å²) in [7, 11) is 0. The smallest absolute Gasteiger partial charge is 0.263 e. The van der Waals surface area contributed by atoms with Gasteiger partial charge in [0.2, 0.25) is 0 Å². The maximum absolute atomic E-state index is 12.6. The number of carbonyl (C=O) groups excluding carboxylic acids is 1. The van der Waals surface area contributed by atoms with Crippen LogP contribution >= 0.6 is 0 Å². The monoisotopic (exact) mass is 300 g/mol. The van der Waals surface area contributed by atoms with E-state index in [-0.39, 0.29) is 12.0 Å². The van der Waals surface area contributed by atoms with Crippen molar-refractivity contribution in [3.05, 3.63) is 29.8 Å². The number of likely N-dealkylation sites (tertiary alicyclic amines) is 1. The van der Waals surface area contributed by atoms with Crippen LogP contribution in [-0.4, -0.2) is 42.6 Å². The first-order valence-corrected chi connectivity index (χ1v) is 8.56. The summed E-state index contributed by atoms with van der Waals surface area (Å²) in [5, 5.41) is 3.66. The fourth-order valence-corrected chi connectivity index (χ4v) is 3.48. The van der Waals surface area contributed by atoms with Gasteiger partial charge in [0.05, 0.1) is 0 Å². The summed E-state index contributed by atoms with van der Waals surface area (Å²) in [5.74, 6) is 1.96. The van der Waals surface area contributed by atoms with Gasteiger partial charge in [-0.25, -0.2) is 0 Å². The second kappa shape index (κ2) is 5.92. The van der Waals surface area contributed by atoms with E-state index in [2.05, 4.69) is 11.4 Å². The summed E-state index contributed by atoms with van der Waals surface area (Å²) in [4.78, 5) is 14.6. The molecule has 1 aromatic carbocycles. The van der Waals surface area contributed by atoms with Crippen LogP contribution in [0, 0.1) is 5.92 Å². The Bertz CT molecular complexity index is 523. The van der Waals surface area contributed by atoms with Crippen LogP contribution in [-0.2, 0) is 11.2 Å². The van der Waals surface area contributed by atoms with Crippen molar-refractivity contribution >= 4 is 5.91 Å². The molecule has 0 radical (unpaired) electrons. The lowest BCUT2D eigenvalue weighted by molar-refractivity contribution is -0.139. The summed E-state index contributed by atoms with van der Waals surface area (Å²) in [5.41, 5.74) is 1.15. The van der Waals surface area contributed by atoms with Crippen molar-refractivity contribution in [2.24, 2.45) is 5.92 Å². The highest BCUT2D eigenvalue weighted by Gasteiger charge is 2.34. The molecule has 0 bridgehead atoms. The van der Waals surface area contributed by atoms with Crippen molar-refractivity contribution in [2.45, 2.75) is 44.2 Å². The van der Waals surface area contributed by atoms with E-state index >= 15 is 0 Å². The molecule has 1 saturated carbocycles. The predicted molar refractivity (Wildman–Crippen MR) is 84.9 cm³/mol. The van der Waals surface area contributed by atoms with Gasteiger partial charge >= 0.3 is 0 Å². The third-order valence-corrected chi connectivity index (χ3v) is 5.12. The molecular formula is C18H24N2O2. The van der Waals surface area contributed by atoms with Crippen LogP contribution in [0.5, 0.6) is 5.75 Å². The molecule has 0 aromatic heterocycles. The SMILES string of the molecule is O=C(C1Cc2ccccc2O1)N1CCC(NCC2CC2)CC1. The molecule has 0 spiro atoms. The zero-order valence-corrected chi connectivity index (χ0v) is 13.0. The average Bonchev–Trinajstić information content (AvgIpc) is 3.29. The zero-order chi connectivity index (χ0) is 14.9. The van der Waals surface area contributed by atoms with Gasteiger partial charge in [0, 0.05) is 25.6 Å². The molecule has 1 aliphatic carbocycles. The molecule has 1 aromatic rings. The van der Waals surface area contributed by atoms with Gasteiger partial charge in [0.15, 0.2) is 6.10 Å². The van der Waals surface area contributed by atoms with Crippen LogP contribution in [0.2, 0.25) is 0 Å². The maximum atomic E-state index is 12.6. The summed E-state index contributed by atoms with van der Waals surface area (Å²) < 4.78 is 5.83. The molecule has 2 heterocycles. The minimum absolute atomic E-state index is 0.164. The van der Waals surface area contributed by atoms with Gasteiger partial charge in [-0.15, -0.1) is 0 Å². The van der Waals surface area contributed by atoms with E-state index in [1.165, 1.54) is 19.4 Å². The lowest BCUT2D eigenvalue weighted by atomic mass is 10.0. The van der Waals surface area contributed by atoms with Crippen LogP contribution in [0.15, 0.2) is 24.3 Å². The van der Waals surface area contributed by atoms with Crippen LogP contribution in [0.4, 0.5) is 0 Å². The molecule has 1 N–H and O–H groups in total. The number of nitrogens with one attached hydrogen (secondary N) is 1. The Hall–Kier alpha value is -1.55. The first-order valence-electron chi connectivity index (χ1n) is 8.56. The number of piperidine rings is 1. The molecular weight excluding hydrogens is 276 g/mol. The van der Waals surface area contributed by atoms with E-state index in [0.29, 0.717) is 6.04 Å². The fraction of sp³-hybridized carbons (Fsp3) is 0.611. The largest absolute Gasteiger partial charge is 0.480 e. The molecule has 1 unspecified atom stereocenters. The van der Waals surface area contributed by atoms with Crippen molar-refractivity contribution in [2.75, 3.05) is 19.6 Å². The zero-order valence-electron chi connectivity index (χ0n) is 13.0. The molecule has 3 aliphatic rings. The van der Waals surface area contributed by atoms with Crippen LogP contribution < -0.4 is 10.1 Å². The highest BCUT2D eigenvalue weighted by molar-refractivity contribution is 5.82. The summed E-state index contributed by atoms with van der Waals surface area (Å²) in [6.45, 7) is 2.88. The first kappa shape index (κ1) is 14.1. The fourth-order valence-electron chi connectivity index (χ4n) is 3.48. The number of carbonyl (C=O) groups is 1. The van der Waals surface area contributed by atoms with E-state index in [9.17, 15) is 4.79 Å².